The Hall–Kier alpha value is -2.42. The lowest BCUT2D eigenvalue weighted by molar-refractivity contribution is -0.141. The van der Waals surface area contributed by atoms with Crippen LogP contribution in [0.15, 0.2) is 30.3 Å². The molecule has 0 unspecified atom stereocenters. The summed E-state index contributed by atoms with van der Waals surface area (Å²) in [7, 11) is 1.49. The van der Waals surface area contributed by atoms with Crippen LogP contribution < -0.4 is 15.8 Å². The molecule has 3 N–H and O–H groups in total. The summed E-state index contributed by atoms with van der Waals surface area (Å²) in [5.41, 5.74) is 4.72. The second-order valence-electron chi connectivity index (χ2n) is 4.18. The van der Waals surface area contributed by atoms with Gasteiger partial charge in [-0.25, -0.2) is 9.97 Å². The average molecular weight is 328 g/mol. The van der Waals surface area contributed by atoms with Crippen molar-refractivity contribution in [2.45, 2.75) is 6.18 Å². The van der Waals surface area contributed by atoms with Crippen LogP contribution in [0, 0.1) is 0 Å². The van der Waals surface area contributed by atoms with Gasteiger partial charge in [-0.05, 0) is 42.5 Å². The van der Waals surface area contributed by atoms with E-state index >= 15 is 0 Å². The highest BCUT2D eigenvalue weighted by atomic mass is 32.1. The quantitative estimate of drug-likeness (QED) is 0.844. The maximum absolute atomic E-state index is 12.9. The van der Waals surface area contributed by atoms with Gasteiger partial charge in [-0.3, -0.25) is 0 Å². The molecule has 1 heterocycles. The van der Waals surface area contributed by atoms with Crippen LogP contribution in [0.5, 0.6) is 5.75 Å². The Labute approximate surface area is 129 Å². The number of rotatable bonds is 3. The summed E-state index contributed by atoms with van der Waals surface area (Å²) >= 11 is 4.60. The smallest absolute Gasteiger partial charge is 0.433 e. The van der Waals surface area contributed by atoms with Crippen molar-refractivity contribution in [2.24, 2.45) is 5.73 Å². The highest BCUT2D eigenvalue weighted by Crippen LogP contribution is 2.31. The van der Waals surface area contributed by atoms with Crippen molar-refractivity contribution in [3.63, 3.8) is 0 Å². The molecule has 0 saturated carbocycles. The first-order chi connectivity index (χ1) is 10.3. The molecule has 0 aliphatic rings. The van der Waals surface area contributed by atoms with E-state index in [-0.39, 0.29) is 16.8 Å². The van der Waals surface area contributed by atoms with Crippen molar-refractivity contribution in [1.29, 1.82) is 0 Å². The number of nitrogens with two attached hydrogens (primary N) is 1. The molecule has 0 amide bonds. The van der Waals surface area contributed by atoms with E-state index in [1.165, 1.54) is 7.11 Å². The SMILES string of the molecule is COc1ccc(-c2cc(C(F)(F)F)nc(NC(N)=S)n2)cc1. The number of thiocarbonyl (C=S) groups is 1. The Kier molecular flexibility index (Phi) is 4.45. The molecule has 0 aliphatic heterocycles. The molecule has 2 aromatic rings. The summed E-state index contributed by atoms with van der Waals surface area (Å²) in [4.78, 5) is 7.35. The summed E-state index contributed by atoms with van der Waals surface area (Å²) in [6, 6.07) is 7.26. The van der Waals surface area contributed by atoms with Crippen molar-refractivity contribution in [3.05, 3.63) is 36.0 Å². The van der Waals surface area contributed by atoms with E-state index in [2.05, 4.69) is 27.5 Å². The van der Waals surface area contributed by atoms with Crippen molar-refractivity contribution in [1.82, 2.24) is 9.97 Å². The van der Waals surface area contributed by atoms with Gasteiger partial charge >= 0.3 is 6.18 Å². The van der Waals surface area contributed by atoms with Gasteiger partial charge in [0.1, 0.15) is 5.75 Å². The average Bonchev–Trinajstić information content (AvgIpc) is 2.45. The van der Waals surface area contributed by atoms with Crippen LogP contribution in [-0.2, 0) is 6.18 Å². The minimum absolute atomic E-state index is 0.0868. The van der Waals surface area contributed by atoms with E-state index in [1.807, 2.05) is 0 Å². The highest BCUT2D eigenvalue weighted by Gasteiger charge is 2.33. The fraction of sp³-hybridized carbons (Fsp3) is 0.154. The third-order valence-electron chi connectivity index (χ3n) is 2.64. The van der Waals surface area contributed by atoms with E-state index in [1.54, 1.807) is 24.3 Å². The molecule has 22 heavy (non-hydrogen) atoms. The van der Waals surface area contributed by atoms with E-state index < -0.39 is 11.9 Å². The molecule has 1 aromatic carbocycles. The minimum atomic E-state index is -4.61. The summed E-state index contributed by atoms with van der Waals surface area (Å²) in [5, 5.41) is 2.09. The van der Waals surface area contributed by atoms with Crippen LogP contribution in [0.1, 0.15) is 5.69 Å². The maximum Gasteiger partial charge on any atom is 0.433 e. The normalized spacial score (nSPS) is 11.1. The molecular formula is C13H11F3N4OS. The molecule has 116 valence electrons. The molecule has 0 bridgehead atoms. The molecule has 0 radical (unpaired) electrons. The second kappa shape index (κ2) is 6.14. The number of aromatic nitrogens is 2. The topological polar surface area (TPSA) is 73.1 Å². The van der Waals surface area contributed by atoms with Crippen molar-refractivity contribution in [3.8, 4) is 17.0 Å². The van der Waals surface area contributed by atoms with Crippen molar-refractivity contribution in [2.75, 3.05) is 12.4 Å². The Bertz CT molecular complexity index is 689. The molecule has 0 aliphatic carbocycles. The third-order valence-corrected chi connectivity index (χ3v) is 2.74. The monoisotopic (exact) mass is 328 g/mol. The zero-order valence-electron chi connectivity index (χ0n) is 11.3. The maximum atomic E-state index is 12.9. The van der Waals surface area contributed by atoms with Crippen molar-refractivity contribution >= 4 is 23.3 Å². The molecule has 1 aromatic heterocycles. The molecule has 0 fully saturated rings. The number of nitrogens with one attached hydrogen (secondary N) is 1. The molecule has 9 heteroatoms. The van der Waals surface area contributed by atoms with Gasteiger partial charge in [0, 0.05) is 5.56 Å². The lowest BCUT2D eigenvalue weighted by atomic mass is 10.1. The van der Waals surface area contributed by atoms with Gasteiger partial charge in [-0.2, -0.15) is 13.2 Å². The number of halogens is 3. The van der Waals surface area contributed by atoms with Gasteiger partial charge in [0.2, 0.25) is 5.95 Å². The van der Waals surface area contributed by atoms with Gasteiger partial charge in [-0.1, -0.05) is 0 Å². The predicted octanol–water partition coefficient (Wildman–Crippen LogP) is 2.83. The zero-order chi connectivity index (χ0) is 16.3. The van der Waals surface area contributed by atoms with Gasteiger partial charge in [0.05, 0.1) is 12.8 Å². The Morgan fingerprint density at radius 2 is 1.86 bits per heavy atom. The van der Waals surface area contributed by atoms with E-state index in [0.29, 0.717) is 11.3 Å². The first-order valence-electron chi connectivity index (χ1n) is 5.97. The van der Waals surface area contributed by atoms with Crippen molar-refractivity contribution < 1.29 is 17.9 Å². The van der Waals surface area contributed by atoms with Gasteiger partial charge in [0.25, 0.3) is 0 Å². The van der Waals surface area contributed by atoms with Gasteiger partial charge < -0.3 is 15.8 Å². The van der Waals surface area contributed by atoms with Gasteiger partial charge in [0.15, 0.2) is 10.8 Å². The molecular weight excluding hydrogens is 317 g/mol. The number of anilines is 1. The van der Waals surface area contributed by atoms with Crippen LogP contribution in [0.2, 0.25) is 0 Å². The minimum Gasteiger partial charge on any atom is -0.497 e. The van der Waals surface area contributed by atoms with E-state index in [0.717, 1.165) is 6.07 Å². The Morgan fingerprint density at radius 3 is 2.36 bits per heavy atom. The van der Waals surface area contributed by atoms with Crippen LogP contribution in [0.25, 0.3) is 11.3 Å². The van der Waals surface area contributed by atoms with E-state index in [9.17, 15) is 13.2 Å². The Balaban J connectivity index is 2.50. The fourth-order valence-corrected chi connectivity index (χ4v) is 1.76. The molecule has 0 spiro atoms. The standard InChI is InChI=1S/C13H11F3N4OS/c1-21-8-4-2-7(3-5-8)9-6-10(13(14,15)16)19-12(18-9)20-11(17)22/h2-6H,1H3,(H3,17,18,19,20,22). The van der Waals surface area contributed by atoms with Crippen LogP contribution in [0.3, 0.4) is 0 Å². The zero-order valence-corrected chi connectivity index (χ0v) is 12.1. The number of nitrogens with zero attached hydrogens (tertiary/aromatic N) is 2. The number of hydrogen-bond donors (Lipinski definition) is 2. The fourth-order valence-electron chi connectivity index (χ4n) is 1.67. The predicted molar refractivity (Wildman–Crippen MR) is 79.4 cm³/mol. The second-order valence-corrected chi connectivity index (χ2v) is 4.62. The molecule has 0 saturated heterocycles. The summed E-state index contributed by atoms with van der Waals surface area (Å²) in [6.07, 6.45) is -4.61. The highest BCUT2D eigenvalue weighted by molar-refractivity contribution is 7.80. The summed E-state index contributed by atoms with van der Waals surface area (Å²) in [6.45, 7) is 0. The summed E-state index contributed by atoms with van der Waals surface area (Å²) in [5.74, 6) is 0.267. The largest absolute Gasteiger partial charge is 0.497 e. The molecule has 2 rings (SSSR count). The van der Waals surface area contributed by atoms with Crippen LogP contribution in [0.4, 0.5) is 19.1 Å². The Morgan fingerprint density at radius 1 is 1.23 bits per heavy atom. The number of ether oxygens (including phenoxy) is 1. The first kappa shape index (κ1) is 16.0. The number of alkyl halides is 3. The number of benzene rings is 1. The van der Waals surface area contributed by atoms with Gasteiger partial charge in [-0.15, -0.1) is 0 Å². The van der Waals surface area contributed by atoms with Crippen LogP contribution in [-0.4, -0.2) is 22.2 Å². The third kappa shape index (κ3) is 3.82. The number of hydrogen-bond acceptors (Lipinski definition) is 4. The summed E-state index contributed by atoms with van der Waals surface area (Å²) < 4.78 is 43.8. The molecule has 0 atom stereocenters. The lowest BCUT2D eigenvalue weighted by Crippen LogP contribution is -2.22. The van der Waals surface area contributed by atoms with E-state index in [4.69, 9.17) is 10.5 Å². The number of methoxy groups -OCH3 is 1. The first-order valence-corrected chi connectivity index (χ1v) is 6.37. The van der Waals surface area contributed by atoms with Crippen LogP contribution >= 0.6 is 12.2 Å². The lowest BCUT2D eigenvalue weighted by Gasteiger charge is -2.11. The molecule has 5 nitrogen and oxygen atoms in total.